The van der Waals surface area contributed by atoms with E-state index in [1.54, 1.807) is 0 Å². The molecular weight excluding hydrogens is 242 g/mol. The number of likely N-dealkylation sites (N-methyl/N-ethyl adjacent to an activating group) is 1. The van der Waals surface area contributed by atoms with Crippen LogP contribution in [0.2, 0.25) is 0 Å². The molecule has 1 fully saturated rings. The molecule has 0 bridgehead atoms. The molecule has 1 heterocycles. The zero-order valence-electron chi connectivity index (χ0n) is 10.6. The molecule has 7 heteroatoms. The normalized spacial score (nSPS) is 25.9. The van der Waals surface area contributed by atoms with E-state index in [0.717, 1.165) is 29.9 Å². The lowest BCUT2D eigenvalue weighted by Crippen LogP contribution is -2.53. The monoisotopic (exact) mass is 263 g/mol. The zero-order valence-corrected chi connectivity index (χ0v) is 11.4. The molecule has 0 saturated carbocycles. The van der Waals surface area contributed by atoms with Gasteiger partial charge < -0.3 is 10.6 Å². The van der Waals surface area contributed by atoms with Crippen molar-refractivity contribution in [1.82, 2.24) is 14.9 Å². The van der Waals surface area contributed by atoms with Gasteiger partial charge in [0.2, 0.25) is 15.9 Å². The SMILES string of the molecule is CC1NCCCC1NC(=O)CN(C)S(C)(=O)=O. The predicted octanol–water partition coefficient (Wildman–Crippen LogP) is -0.865. The number of hydrogen-bond donors (Lipinski definition) is 2. The third kappa shape index (κ3) is 4.61. The van der Waals surface area contributed by atoms with Gasteiger partial charge in [0, 0.05) is 19.1 Å². The van der Waals surface area contributed by atoms with Crippen LogP contribution in [-0.2, 0) is 14.8 Å². The third-order valence-corrected chi connectivity index (χ3v) is 4.30. The number of nitrogens with zero attached hydrogens (tertiary/aromatic N) is 1. The Morgan fingerprint density at radius 2 is 2.18 bits per heavy atom. The van der Waals surface area contributed by atoms with Crippen molar-refractivity contribution in [3.63, 3.8) is 0 Å². The topological polar surface area (TPSA) is 78.5 Å². The molecular formula is C10H21N3O3S. The van der Waals surface area contributed by atoms with Crippen LogP contribution in [0.25, 0.3) is 0 Å². The van der Waals surface area contributed by atoms with Crippen molar-refractivity contribution >= 4 is 15.9 Å². The number of hydrogen-bond acceptors (Lipinski definition) is 4. The number of piperidine rings is 1. The summed E-state index contributed by atoms with van der Waals surface area (Å²) in [5, 5.41) is 6.14. The maximum absolute atomic E-state index is 11.7. The van der Waals surface area contributed by atoms with Gasteiger partial charge in [-0.05, 0) is 26.3 Å². The molecule has 1 amide bonds. The van der Waals surface area contributed by atoms with Crippen LogP contribution in [0.4, 0.5) is 0 Å². The number of amides is 1. The predicted molar refractivity (Wildman–Crippen MR) is 66.1 cm³/mol. The Labute approximate surface area is 103 Å². The second-order valence-corrected chi connectivity index (χ2v) is 6.67. The average molecular weight is 263 g/mol. The third-order valence-electron chi connectivity index (χ3n) is 3.04. The maximum Gasteiger partial charge on any atom is 0.235 e. The Bertz CT molecular complexity index is 369. The second-order valence-electron chi connectivity index (χ2n) is 4.58. The summed E-state index contributed by atoms with van der Waals surface area (Å²) in [6.45, 7) is 2.86. The summed E-state index contributed by atoms with van der Waals surface area (Å²) in [7, 11) is -1.90. The van der Waals surface area contributed by atoms with Crippen LogP contribution in [-0.4, -0.2) is 57.1 Å². The van der Waals surface area contributed by atoms with Gasteiger partial charge in [-0.1, -0.05) is 0 Å². The summed E-state index contributed by atoms with van der Waals surface area (Å²) in [4.78, 5) is 11.7. The van der Waals surface area contributed by atoms with Crippen molar-refractivity contribution in [3.8, 4) is 0 Å². The van der Waals surface area contributed by atoms with Crippen molar-refractivity contribution in [2.75, 3.05) is 26.4 Å². The maximum atomic E-state index is 11.7. The van der Waals surface area contributed by atoms with Crippen molar-refractivity contribution < 1.29 is 13.2 Å². The molecule has 1 rings (SSSR count). The van der Waals surface area contributed by atoms with Gasteiger partial charge in [-0.15, -0.1) is 0 Å². The standard InChI is InChI=1S/C10H21N3O3S/c1-8-9(5-4-6-11-8)12-10(14)7-13(2)17(3,15)16/h8-9,11H,4-7H2,1-3H3,(H,12,14). The summed E-state index contributed by atoms with van der Waals surface area (Å²) in [5.41, 5.74) is 0. The molecule has 1 saturated heterocycles. The Kier molecular flexibility index (Phi) is 4.91. The highest BCUT2D eigenvalue weighted by Gasteiger charge is 2.23. The smallest absolute Gasteiger partial charge is 0.235 e. The first-order chi connectivity index (χ1) is 7.80. The molecule has 6 nitrogen and oxygen atoms in total. The minimum absolute atomic E-state index is 0.0872. The molecule has 100 valence electrons. The summed E-state index contributed by atoms with van der Waals surface area (Å²) >= 11 is 0. The fourth-order valence-electron chi connectivity index (χ4n) is 1.81. The van der Waals surface area contributed by atoms with Gasteiger partial charge >= 0.3 is 0 Å². The van der Waals surface area contributed by atoms with Crippen molar-refractivity contribution in [2.45, 2.75) is 31.8 Å². The number of carbonyl (C=O) groups is 1. The molecule has 0 aliphatic carbocycles. The van der Waals surface area contributed by atoms with Gasteiger partial charge in [-0.2, -0.15) is 4.31 Å². The lowest BCUT2D eigenvalue weighted by Gasteiger charge is -2.31. The molecule has 0 radical (unpaired) electrons. The minimum Gasteiger partial charge on any atom is -0.351 e. The molecule has 1 aliphatic rings. The number of sulfonamides is 1. The highest BCUT2D eigenvalue weighted by atomic mass is 32.2. The summed E-state index contributed by atoms with van der Waals surface area (Å²) in [6.07, 6.45) is 3.05. The molecule has 2 atom stereocenters. The van der Waals surface area contributed by atoms with Crippen LogP contribution in [0.1, 0.15) is 19.8 Å². The van der Waals surface area contributed by atoms with Gasteiger partial charge in [0.15, 0.2) is 0 Å². The summed E-state index contributed by atoms with van der Waals surface area (Å²) in [6, 6.07) is 0.320. The quantitative estimate of drug-likeness (QED) is 0.691. The lowest BCUT2D eigenvalue weighted by molar-refractivity contribution is -0.122. The summed E-state index contributed by atoms with van der Waals surface area (Å²) < 4.78 is 23.4. The van der Waals surface area contributed by atoms with Crippen molar-refractivity contribution in [3.05, 3.63) is 0 Å². The zero-order chi connectivity index (χ0) is 13.1. The fraction of sp³-hybridized carbons (Fsp3) is 0.900. The van der Waals surface area contributed by atoms with Gasteiger partial charge in [0.1, 0.15) is 0 Å². The van der Waals surface area contributed by atoms with Crippen LogP contribution in [0, 0.1) is 0 Å². The van der Waals surface area contributed by atoms with Crippen LogP contribution in [0.3, 0.4) is 0 Å². The first-order valence-electron chi connectivity index (χ1n) is 5.75. The number of carbonyl (C=O) groups excluding carboxylic acids is 1. The van der Waals surface area contributed by atoms with E-state index in [1.807, 2.05) is 6.92 Å². The van der Waals surface area contributed by atoms with E-state index in [9.17, 15) is 13.2 Å². The Balaban J connectivity index is 2.44. The molecule has 17 heavy (non-hydrogen) atoms. The Morgan fingerprint density at radius 3 is 2.71 bits per heavy atom. The van der Waals surface area contributed by atoms with Crippen LogP contribution < -0.4 is 10.6 Å². The summed E-state index contributed by atoms with van der Waals surface area (Å²) in [5.74, 6) is -0.251. The molecule has 1 aliphatic heterocycles. The molecule has 0 spiro atoms. The van der Waals surface area contributed by atoms with Crippen molar-refractivity contribution in [1.29, 1.82) is 0 Å². The lowest BCUT2D eigenvalue weighted by atomic mass is 10.00. The highest BCUT2D eigenvalue weighted by Crippen LogP contribution is 2.08. The van der Waals surface area contributed by atoms with E-state index < -0.39 is 10.0 Å². The number of rotatable bonds is 4. The second kappa shape index (κ2) is 5.79. The van der Waals surface area contributed by atoms with E-state index in [1.165, 1.54) is 7.05 Å². The number of nitrogens with one attached hydrogen (secondary N) is 2. The van der Waals surface area contributed by atoms with Gasteiger partial charge in [0.25, 0.3) is 0 Å². The first-order valence-corrected chi connectivity index (χ1v) is 7.59. The average Bonchev–Trinajstić information content (AvgIpc) is 2.20. The highest BCUT2D eigenvalue weighted by molar-refractivity contribution is 7.88. The molecule has 2 N–H and O–H groups in total. The van der Waals surface area contributed by atoms with Crippen LogP contribution in [0.15, 0.2) is 0 Å². The van der Waals surface area contributed by atoms with E-state index in [2.05, 4.69) is 10.6 Å². The minimum atomic E-state index is -3.30. The Hall–Kier alpha value is -0.660. The van der Waals surface area contributed by atoms with E-state index in [-0.39, 0.29) is 24.5 Å². The first kappa shape index (κ1) is 14.4. The van der Waals surface area contributed by atoms with E-state index in [0.29, 0.717) is 0 Å². The molecule has 2 unspecified atom stereocenters. The Morgan fingerprint density at radius 1 is 1.53 bits per heavy atom. The van der Waals surface area contributed by atoms with Crippen LogP contribution >= 0.6 is 0 Å². The van der Waals surface area contributed by atoms with E-state index in [4.69, 9.17) is 0 Å². The largest absolute Gasteiger partial charge is 0.351 e. The van der Waals surface area contributed by atoms with Gasteiger partial charge in [-0.3, -0.25) is 4.79 Å². The molecule has 0 aromatic carbocycles. The van der Waals surface area contributed by atoms with E-state index >= 15 is 0 Å². The molecule has 0 aromatic heterocycles. The molecule has 0 aromatic rings. The van der Waals surface area contributed by atoms with Crippen LogP contribution in [0.5, 0.6) is 0 Å². The van der Waals surface area contributed by atoms with Gasteiger partial charge in [-0.25, -0.2) is 8.42 Å². The van der Waals surface area contributed by atoms with Crippen molar-refractivity contribution in [2.24, 2.45) is 0 Å². The van der Waals surface area contributed by atoms with Gasteiger partial charge in [0.05, 0.1) is 12.8 Å². The fourth-order valence-corrected chi connectivity index (χ4v) is 2.16.